The number of nitrogens with one attached hydrogen (secondary N) is 1. The van der Waals surface area contributed by atoms with Crippen molar-refractivity contribution in [3.05, 3.63) is 47.2 Å². The van der Waals surface area contributed by atoms with E-state index in [0.717, 1.165) is 16.3 Å². The fourth-order valence-corrected chi connectivity index (χ4v) is 3.08. The van der Waals surface area contributed by atoms with Gasteiger partial charge in [-0.1, -0.05) is 35.7 Å². The summed E-state index contributed by atoms with van der Waals surface area (Å²) in [5, 5.41) is 14.3. The zero-order chi connectivity index (χ0) is 18.2. The van der Waals surface area contributed by atoms with Gasteiger partial charge < -0.3 is 0 Å². The Hall–Kier alpha value is -2.37. The zero-order valence-corrected chi connectivity index (χ0v) is 15.7. The molecule has 1 N–H and O–H groups in total. The van der Waals surface area contributed by atoms with E-state index in [-0.39, 0.29) is 11.7 Å². The molecule has 2 aromatic rings. The van der Waals surface area contributed by atoms with Gasteiger partial charge in [0, 0.05) is 5.69 Å². The van der Waals surface area contributed by atoms with Crippen LogP contribution < -0.4 is 5.43 Å². The first kappa shape index (κ1) is 19.0. The number of carbonyl (C=O) groups excluding carboxylic acids is 1. The van der Waals surface area contributed by atoms with E-state index in [1.54, 1.807) is 31.2 Å². The Labute approximate surface area is 155 Å². The molecular formula is C17H17N5OS2. The number of benzene rings is 1. The summed E-state index contributed by atoms with van der Waals surface area (Å²) in [6, 6.07) is 10.9. The van der Waals surface area contributed by atoms with Crippen molar-refractivity contribution in [2.45, 2.75) is 24.0 Å². The normalized spacial score (nSPS) is 11.0. The molecule has 25 heavy (non-hydrogen) atoms. The van der Waals surface area contributed by atoms with Crippen LogP contribution in [0, 0.1) is 18.3 Å². The first-order valence-corrected chi connectivity index (χ1v) is 9.59. The fraction of sp³-hybridized carbons (Fsp3) is 0.235. The topological polar surface area (TPSA) is 91.0 Å². The zero-order valence-electron chi connectivity index (χ0n) is 14.1. The lowest BCUT2D eigenvalue weighted by Crippen LogP contribution is -2.21. The number of rotatable bonds is 6. The Morgan fingerprint density at radius 1 is 1.32 bits per heavy atom. The smallest absolute Gasteiger partial charge is 0.250 e. The summed E-state index contributed by atoms with van der Waals surface area (Å²) in [6.45, 7) is 3.70. The maximum atomic E-state index is 12.0. The Morgan fingerprint density at radius 3 is 2.68 bits per heavy atom. The molecule has 0 aliphatic heterocycles. The van der Waals surface area contributed by atoms with E-state index < -0.39 is 0 Å². The van der Waals surface area contributed by atoms with Crippen molar-refractivity contribution >= 4 is 35.1 Å². The molecule has 0 aliphatic rings. The third-order valence-electron chi connectivity index (χ3n) is 3.12. The number of nitriles is 1. The third-order valence-corrected chi connectivity index (χ3v) is 4.58. The number of hydrazone groups is 1. The molecule has 0 spiro atoms. The first-order chi connectivity index (χ1) is 12.0. The lowest BCUT2D eigenvalue weighted by molar-refractivity contribution is -0.118. The molecule has 0 unspecified atom stereocenters. The number of nitrogens with zero attached hydrogens (tertiary/aromatic N) is 4. The van der Waals surface area contributed by atoms with Gasteiger partial charge >= 0.3 is 0 Å². The van der Waals surface area contributed by atoms with Gasteiger partial charge in [-0.2, -0.15) is 10.4 Å². The molecule has 1 aromatic heterocycles. The highest BCUT2D eigenvalue weighted by molar-refractivity contribution is 8.00. The average Bonchev–Trinajstić information content (AvgIpc) is 2.64. The molecule has 1 amide bonds. The van der Waals surface area contributed by atoms with Crippen LogP contribution in [0.1, 0.15) is 23.7 Å². The second-order valence-electron chi connectivity index (χ2n) is 5.04. The Kier molecular flexibility index (Phi) is 6.98. The Balaban J connectivity index is 1.91. The van der Waals surface area contributed by atoms with E-state index >= 15 is 0 Å². The van der Waals surface area contributed by atoms with Crippen LogP contribution in [0.4, 0.5) is 0 Å². The second kappa shape index (κ2) is 9.20. The number of thioether (sulfide) groups is 2. The van der Waals surface area contributed by atoms with Crippen molar-refractivity contribution < 1.29 is 4.79 Å². The highest BCUT2D eigenvalue weighted by atomic mass is 32.2. The molecule has 128 valence electrons. The van der Waals surface area contributed by atoms with Gasteiger partial charge in [-0.15, -0.1) is 0 Å². The summed E-state index contributed by atoms with van der Waals surface area (Å²) in [4.78, 5) is 20.6. The lowest BCUT2D eigenvalue weighted by Gasteiger charge is -2.05. The molecule has 0 saturated heterocycles. The molecule has 0 saturated carbocycles. The van der Waals surface area contributed by atoms with E-state index in [4.69, 9.17) is 5.26 Å². The van der Waals surface area contributed by atoms with Crippen LogP contribution in [-0.4, -0.2) is 33.6 Å². The molecule has 2 rings (SSSR count). The summed E-state index contributed by atoms with van der Waals surface area (Å²) in [7, 11) is 0. The number of hydrogen-bond acceptors (Lipinski definition) is 7. The summed E-state index contributed by atoms with van der Waals surface area (Å²) in [5.41, 5.74) is 5.52. The van der Waals surface area contributed by atoms with Gasteiger partial charge in [0.1, 0.15) is 5.03 Å². The quantitative estimate of drug-likeness (QED) is 0.276. The van der Waals surface area contributed by atoms with Crippen molar-refractivity contribution in [1.29, 1.82) is 5.26 Å². The standard InChI is InChI=1S/C17H17N5OS2/c1-11-8-16(20-17(19-11)24-3)25-10-15(23)22-21-12(2)14-6-4-13(9-18)5-7-14/h4-8H,10H2,1-3H3,(H,22,23)/b21-12+. The molecular weight excluding hydrogens is 354 g/mol. The highest BCUT2D eigenvalue weighted by Crippen LogP contribution is 2.19. The van der Waals surface area contributed by atoms with E-state index in [1.807, 2.05) is 19.2 Å². The lowest BCUT2D eigenvalue weighted by atomic mass is 10.1. The van der Waals surface area contributed by atoms with Crippen LogP contribution >= 0.6 is 23.5 Å². The van der Waals surface area contributed by atoms with Gasteiger partial charge in [-0.25, -0.2) is 15.4 Å². The van der Waals surface area contributed by atoms with Crippen LogP contribution in [0.3, 0.4) is 0 Å². The summed E-state index contributed by atoms with van der Waals surface area (Å²) < 4.78 is 0. The molecule has 0 bridgehead atoms. The maximum absolute atomic E-state index is 12.0. The van der Waals surface area contributed by atoms with Crippen molar-refractivity contribution in [1.82, 2.24) is 15.4 Å². The van der Waals surface area contributed by atoms with Crippen LogP contribution in [0.5, 0.6) is 0 Å². The molecule has 1 heterocycles. The van der Waals surface area contributed by atoms with Crippen molar-refractivity contribution in [2.24, 2.45) is 5.10 Å². The minimum Gasteiger partial charge on any atom is -0.272 e. The summed E-state index contributed by atoms with van der Waals surface area (Å²) >= 11 is 2.81. The van der Waals surface area contributed by atoms with E-state index in [2.05, 4.69) is 26.6 Å². The van der Waals surface area contributed by atoms with Gasteiger partial charge in [0.15, 0.2) is 5.16 Å². The van der Waals surface area contributed by atoms with Crippen molar-refractivity contribution in [3.63, 3.8) is 0 Å². The van der Waals surface area contributed by atoms with E-state index in [1.165, 1.54) is 23.5 Å². The number of amides is 1. The largest absolute Gasteiger partial charge is 0.272 e. The highest BCUT2D eigenvalue weighted by Gasteiger charge is 2.06. The van der Waals surface area contributed by atoms with Gasteiger partial charge in [-0.05, 0) is 43.9 Å². The predicted molar refractivity (Wildman–Crippen MR) is 101 cm³/mol. The molecule has 0 fully saturated rings. The molecule has 0 aliphatic carbocycles. The van der Waals surface area contributed by atoms with E-state index in [9.17, 15) is 4.79 Å². The van der Waals surface area contributed by atoms with Gasteiger partial charge in [0.05, 0.1) is 23.1 Å². The summed E-state index contributed by atoms with van der Waals surface area (Å²) in [5.74, 6) is 0.00832. The maximum Gasteiger partial charge on any atom is 0.250 e. The minimum absolute atomic E-state index is 0.208. The average molecular weight is 371 g/mol. The number of carbonyl (C=O) groups is 1. The Bertz CT molecular complexity index is 828. The number of aryl methyl sites for hydroxylation is 1. The predicted octanol–water partition coefficient (Wildman–Crippen LogP) is 3.01. The number of hydrogen-bond donors (Lipinski definition) is 1. The van der Waals surface area contributed by atoms with Gasteiger partial charge in [-0.3, -0.25) is 4.79 Å². The first-order valence-electron chi connectivity index (χ1n) is 7.38. The minimum atomic E-state index is -0.208. The van der Waals surface area contributed by atoms with Crippen LogP contribution in [0.25, 0.3) is 0 Å². The molecule has 8 heteroatoms. The fourth-order valence-electron chi connectivity index (χ4n) is 1.85. The van der Waals surface area contributed by atoms with Gasteiger partial charge in [0.2, 0.25) is 5.91 Å². The monoisotopic (exact) mass is 371 g/mol. The molecule has 0 radical (unpaired) electrons. The summed E-state index contributed by atoms with van der Waals surface area (Å²) in [6.07, 6.45) is 1.91. The molecule has 0 atom stereocenters. The Morgan fingerprint density at radius 2 is 2.04 bits per heavy atom. The van der Waals surface area contributed by atoms with Gasteiger partial charge in [0.25, 0.3) is 0 Å². The third kappa shape index (κ3) is 5.89. The number of aromatic nitrogens is 2. The van der Waals surface area contributed by atoms with Crippen LogP contribution in [0.2, 0.25) is 0 Å². The molecule has 1 aromatic carbocycles. The second-order valence-corrected chi connectivity index (χ2v) is 6.81. The van der Waals surface area contributed by atoms with Crippen molar-refractivity contribution in [2.75, 3.05) is 12.0 Å². The van der Waals surface area contributed by atoms with Crippen LogP contribution in [-0.2, 0) is 4.79 Å². The van der Waals surface area contributed by atoms with E-state index in [0.29, 0.717) is 16.4 Å². The van der Waals surface area contributed by atoms with Crippen molar-refractivity contribution in [3.8, 4) is 6.07 Å². The molecule has 6 nitrogen and oxygen atoms in total. The SMILES string of the molecule is CSc1nc(C)cc(SCC(=O)N/N=C(\C)c2ccc(C#N)cc2)n1. The van der Waals surface area contributed by atoms with Crippen LogP contribution in [0.15, 0.2) is 45.6 Å².